The normalized spacial score (nSPS) is 21.1. The van der Waals surface area contributed by atoms with Gasteiger partial charge in [-0.1, -0.05) is 6.07 Å². The van der Waals surface area contributed by atoms with E-state index < -0.39 is 0 Å². The van der Waals surface area contributed by atoms with Gasteiger partial charge < -0.3 is 10.2 Å². The van der Waals surface area contributed by atoms with Crippen LogP contribution in [0.5, 0.6) is 0 Å². The summed E-state index contributed by atoms with van der Waals surface area (Å²) in [4.78, 5) is 26.1. The number of carbonyl (C=O) groups excluding carboxylic acids is 2. The van der Waals surface area contributed by atoms with Crippen LogP contribution in [0.4, 0.5) is 0 Å². The molecule has 2 aliphatic rings. The van der Waals surface area contributed by atoms with E-state index in [2.05, 4.69) is 15.5 Å². The highest BCUT2D eigenvalue weighted by atomic mass is 16.2. The molecule has 1 aliphatic heterocycles. The van der Waals surface area contributed by atoms with Crippen LogP contribution in [0.1, 0.15) is 25.1 Å². The third kappa shape index (κ3) is 2.91. The summed E-state index contributed by atoms with van der Waals surface area (Å²) < 4.78 is 1.85. The van der Waals surface area contributed by atoms with Gasteiger partial charge in [-0.05, 0) is 30.9 Å². The monoisotopic (exact) mass is 313 g/mol. The predicted octanol–water partition coefficient (Wildman–Crippen LogP) is 0.604. The second-order valence-corrected chi connectivity index (χ2v) is 6.41. The number of amides is 2. The van der Waals surface area contributed by atoms with Crippen molar-refractivity contribution in [2.45, 2.75) is 25.8 Å². The highest BCUT2D eigenvalue weighted by molar-refractivity contribution is 5.89. The summed E-state index contributed by atoms with van der Waals surface area (Å²) >= 11 is 0. The highest BCUT2D eigenvalue weighted by Gasteiger charge is 2.37. The quantitative estimate of drug-likeness (QED) is 0.877. The van der Waals surface area contributed by atoms with Gasteiger partial charge in [-0.25, -0.2) is 0 Å². The standard InChI is InChI=1S/C16H19N5O2/c22-15-7-12(10-20(15)9-11-4-5-11)16(23)17-8-14-19-18-13-3-1-2-6-21(13)14/h1-3,6,11-12H,4-5,7-10H2,(H,17,23)/t12-/m1/s1. The molecule has 1 aliphatic carbocycles. The van der Waals surface area contributed by atoms with Gasteiger partial charge in [0.2, 0.25) is 11.8 Å². The van der Waals surface area contributed by atoms with E-state index in [0.717, 1.165) is 12.2 Å². The van der Waals surface area contributed by atoms with Crippen LogP contribution in [0.3, 0.4) is 0 Å². The number of likely N-dealkylation sites (tertiary alicyclic amines) is 1. The molecule has 1 N–H and O–H groups in total. The van der Waals surface area contributed by atoms with Crippen molar-refractivity contribution in [3.63, 3.8) is 0 Å². The number of carbonyl (C=O) groups is 2. The molecule has 3 heterocycles. The molecule has 1 saturated heterocycles. The summed E-state index contributed by atoms with van der Waals surface area (Å²) in [5.41, 5.74) is 0.753. The Bertz CT molecular complexity index is 752. The fourth-order valence-electron chi connectivity index (χ4n) is 3.06. The smallest absolute Gasteiger partial charge is 0.225 e. The van der Waals surface area contributed by atoms with E-state index >= 15 is 0 Å². The highest BCUT2D eigenvalue weighted by Crippen LogP contribution is 2.31. The molecule has 2 fully saturated rings. The molecule has 0 aromatic carbocycles. The number of fused-ring (bicyclic) bond motifs is 1. The second kappa shape index (κ2) is 5.64. The van der Waals surface area contributed by atoms with Crippen molar-refractivity contribution in [3.8, 4) is 0 Å². The molecule has 7 nitrogen and oxygen atoms in total. The first kappa shape index (κ1) is 14.2. The maximum atomic E-state index is 12.3. The largest absolute Gasteiger partial charge is 0.348 e. The van der Waals surface area contributed by atoms with Crippen LogP contribution in [0.25, 0.3) is 5.65 Å². The molecular weight excluding hydrogens is 294 g/mol. The molecule has 2 aromatic heterocycles. The minimum absolute atomic E-state index is 0.0793. The zero-order valence-electron chi connectivity index (χ0n) is 12.8. The first-order valence-corrected chi connectivity index (χ1v) is 8.05. The number of hydrogen-bond acceptors (Lipinski definition) is 4. The summed E-state index contributed by atoms with van der Waals surface area (Å²) in [5, 5.41) is 11.0. The molecule has 1 atom stereocenters. The first-order chi connectivity index (χ1) is 11.2. The zero-order valence-corrected chi connectivity index (χ0v) is 12.8. The van der Waals surface area contributed by atoms with Gasteiger partial charge >= 0.3 is 0 Å². The SMILES string of the molecule is O=C(NCc1nnc2ccccn12)[C@@H]1CC(=O)N(CC2CC2)C1. The minimum atomic E-state index is -0.250. The van der Waals surface area contributed by atoms with Gasteiger partial charge in [0.25, 0.3) is 0 Å². The lowest BCUT2D eigenvalue weighted by Crippen LogP contribution is -2.33. The Balaban J connectivity index is 1.35. The number of nitrogens with zero attached hydrogens (tertiary/aromatic N) is 4. The Hall–Kier alpha value is -2.44. The van der Waals surface area contributed by atoms with E-state index in [-0.39, 0.29) is 17.7 Å². The molecule has 4 rings (SSSR count). The third-order valence-electron chi connectivity index (χ3n) is 4.57. The molecule has 7 heteroatoms. The number of pyridine rings is 1. The van der Waals surface area contributed by atoms with Crippen LogP contribution in [0, 0.1) is 11.8 Å². The first-order valence-electron chi connectivity index (χ1n) is 8.05. The average Bonchev–Trinajstić information content (AvgIpc) is 3.16. The molecule has 0 unspecified atom stereocenters. The number of nitrogens with one attached hydrogen (secondary N) is 1. The summed E-state index contributed by atoms with van der Waals surface area (Å²) in [6.45, 7) is 1.68. The van der Waals surface area contributed by atoms with Crippen molar-refractivity contribution in [1.82, 2.24) is 24.8 Å². The fourth-order valence-corrected chi connectivity index (χ4v) is 3.06. The van der Waals surface area contributed by atoms with Crippen LogP contribution >= 0.6 is 0 Å². The lowest BCUT2D eigenvalue weighted by Gasteiger charge is -2.15. The van der Waals surface area contributed by atoms with Crippen LogP contribution < -0.4 is 5.32 Å². The van der Waals surface area contributed by atoms with Crippen LogP contribution in [0.2, 0.25) is 0 Å². The maximum Gasteiger partial charge on any atom is 0.225 e. The number of aromatic nitrogens is 3. The van der Waals surface area contributed by atoms with E-state index in [1.807, 2.05) is 33.7 Å². The van der Waals surface area contributed by atoms with Gasteiger partial charge in [-0.15, -0.1) is 10.2 Å². The minimum Gasteiger partial charge on any atom is -0.348 e. The molecule has 2 aromatic rings. The van der Waals surface area contributed by atoms with Gasteiger partial charge in [0.1, 0.15) is 0 Å². The van der Waals surface area contributed by atoms with Gasteiger partial charge in [-0.3, -0.25) is 14.0 Å². The van der Waals surface area contributed by atoms with Gasteiger partial charge in [0, 0.05) is 25.7 Å². The second-order valence-electron chi connectivity index (χ2n) is 6.41. The van der Waals surface area contributed by atoms with E-state index in [1.54, 1.807) is 0 Å². The molecule has 23 heavy (non-hydrogen) atoms. The van der Waals surface area contributed by atoms with Crippen molar-refractivity contribution in [2.24, 2.45) is 11.8 Å². The van der Waals surface area contributed by atoms with E-state index in [0.29, 0.717) is 31.3 Å². The van der Waals surface area contributed by atoms with Gasteiger partial charge in [0.05, 0.1) is 12.5 Å². The van der Waals surface area contributed by atoms with Crippen molar-refractivity contribution in [3.05, 3.63) is 30.2 Å². The average molecular weight is 313 g/mol. The molecule has 2 amide bonds. The Morgan fingerprint density at radius 3 is 3.00 bits per heavy atom. The Kier molecular flexibility index (Phi) is 3.48. The zero-order chi connectivity index (χ0) is 15.8. The summed E-state index contributed by atoms with van der Waals surface area (Å²) in [6, 6.07) is 5.65. The summed E-state index contributed by atoms with van der Waals surface area (Å²) in [5.74, 6) is 1.12. The molecule has 0 spiro atoms. The van der Waals surface area contributed by atoms with Crippen LogP contribution in [0.15, 0.2) is 24.4 Å². The molecule has 0 radical (unpaired) electrons. The topological polar surface area (TPSA) is 79.6 Å². The van der Waals surface area contributed by atoms with Crippen LogP contribution in [-0.2, 0) is 16.1 Å². The molecule has 0 bridgehead atoms. The Morgan fingerprint density at radius 1 is 1.30 bits per heavy atom. The maximum absolute atomic E-state index is 12.3. The fraction of sp³-hybridized carbons (Fsp3) is 0.500. The van der Waals surface area contributed by atoms with Crippen molar-refractivity contribution in [2.75, 3.05) is 13.1 Å². The van der Waals surface area contributed by atoms with E-state index in [1.165, 1.54) is 12.8 Å². The van der Waals surface area contributed by atoms with E-state index in [9.17, 15) is 9.59 Å². The Labute approximate surface area is 133 Å². The van der Waals surface area contributed by atoms with Gasteiger partial charge in [0.15, 0.2) is 11.5 Å². The Morgan fingerprint density at radius 2 is 2.17 bits per heavy atom. The lowest BCUT2D eigenvalue weighted by molar-refractivity contribution is -0.129. The summed E-state index contributed by atoms with van der Waals surface area (Å²) in [6.07, 6.45) is 4.60. The van der Waals surface area contributed by atoms with Crippen LogP contribution in [-0.4, -0.2) is 44.4 Å². The lowest BCUT2D eigenvalue weighted by atomic mass is 10.1. The van der Waals surface area contributed by atoms with E-state index in [4.69, 9.17) is 0 Å². The van der Waals surface area contributed by atoms with Gasteiger partial charge in [-0.2, -0.15) is 0 Å². The predicted molar refractivity (Wildman–Crippen MR) is 82.2 cm³/mol. The molecule has 120 valence electrons. The molecular formula is C16H19N5O2. The molecule has 1 saturated carbocycles. The summed E-state index contributed by atoms with van der Waals surface area (Å²) in [7, 11) is 0. The number of rotatable bonds is 5. The third-order valence-corrected chi connectivity index (χ3v) is 4.57. The van der Waals surface area contributed by atoms with Crippen molar-refractivity contribution < 1.29 is 9.59 Å². The van der Waals surface area contributed by atoms with Crippen molar-refractivity contribution >= 4 is 17.5 Å². The van der Waals surface area contributed by atoms with Crippen molar-refractivity contribution in [1.29, 1.82) is 0 Å². The number of hydrogen-bond donors (Lipinski definition) is 1.